The number of nitrogens with zero attached hydrogens (tertiary/aromatic N) is 3. The molecule has 0 atom stereocenters. The second-order valence-corrected chi connectivity index (χ2v) is 6.31. The van der Waals surface area contributed by atoms with E-state index in [2.05, 4.69) is 15.6 Å². The molecule has 2 heterocycles. The van der Waals surface area contributed by atoms with Crippen LogP contribution in [0, 0.1) is 13.8 Å². The maximum Gasteiger partial charge on any atom is 0.344 e. The van der Waals surface area contributed by atoms with Crippen LogP contribution in [0.3, 0.4) is 0 Å². The molecule has 0 radical (unpaired) electrons. The predicted octanol–water partition coefficient (Wildman–Crippen LogP) is 3.14. The van der Waals surface area contributed by atoms with Gasteiger partial charge in [0.1, 0.15) is 17.1 Å². The number of rotatable bonds is 5. The maximum atomic E-state index is 12.1. The minimum absolute atomic E-state index is 0.230. The minimum Gasteiger partial charge on any atom is -0.452 e. The van der Waals surface area contributed by atoms with Gasteiger partial charge in [0.05, 0.1) is 11.4 Å². The first-order chi connectivity index (χ1) is 12.8. The molecule has 0 aliphatic carbocycles. The summed E-state index contributed by atoms with van der Waals surface area (Å²) in [6.45, 7) is 2.79. The van der Waals surface area contributed by atoms with Gasteiger partial charge in [-0.1, -0.05) is 28.9 Å². The molecular weight excluding hydrogens is 372 g/mol. The van der Waals surface area contributed by atoms with E-state index in [0.29, 0.717) is 28.0 Å². The number of halogens is 1. The summed E-state index contributed by atoms with van der Waals surface area (Å²) in [7, 11) is 1.70. The molecule has 0 saturated carbocycles. The lowest BCUT2D eigenvalue weighted by atomic mass is 10.1. The summed E-state index contributed by atoms with van der Waals surface area (Å²) in [4.78, 5) is 24.2. The van der Waals surface area contributed by atoms with Crippen LogP contribution >= 0.6 is 11.6 Å². The number of esters is 1. The quantitative estimate of drug-likeness (QED) is 0.674. The number of aromatic nitrogens is 3. The van der Waals surface area contributed by atoms with Gasteiger partial charge < -0.3 is 14.6 Å². The Hall–Kier alpha value is -3.13. The molecule has 27 heavy (non-hydrogen) atoms. The third-order valence-corrected chi connectivity index (χ3v) is 4.11. The van der Waals surface area contributed by atoms with Crippen molar-refractivity contribution in [3.8, 4) is 11.3 Å². The number of carbonyl (C=O) groups is 2. The van der Waals surface area contributed by atoms with Crippen molar-refractivity contribution in [1.82, 2.24) is 14.9 Å². The van der Waals surface area contributed by atoms with Crippen LogP contribution in [0.15, 0.2) is 34.9 Å². The summed E-state index contributed by atoms with van der Waals surface area (Å²) in [6.07, 6.45) is 0. The Bertz CT molecular complexity index is 972. The highest BCUT2D eigenvalue weighted by Crippen LogP contribution is 2.23. The van der Waals surface area contributed by atoms with E-state index in [0.717, 1.165) is 5.56 Å². The molecule has 0 aliphatic rings. The Morgan fingerprint density at radius 3 is 2.59 bits per heavy atom. The molecule has 1 aromatic carbocycles. The van der Waals surface area contributed by atoms with Crippen LogP contribution in [0.5, 0.6) is 0 Å². The fraction of sp³-hybridized carbons (Fsp3) is 0.222. The largest absolute Gasteiger partial charge is 0.452 e. The van der Waals surface area contributed by atoms with E-state index in [9.17, 15) is 9.59 Å². The van der Waals surface area contributed by atoms with Crippen LogP contribution in [-0.4, -0.2) is 33.4 Å². The summed E-state index contributed by atoms with van der Waals surface area (Å²) < 4.78 is 11.5. The smallest absolute Gasteiger partial charge is 0.344 e. The fourth-order valence-corrected chi connectivity index (χ4v) is 2.63. The first-order valence-electron chi connectivity index (χ1n) is 8.05. The Morgan fingerprint density at radius 1 is 1.26 bits per heavy atom. The lowest BCUT2D eigenvalue weighted by molar-refractivity contribution is -0.119. The first-order valence-corrected chi connectivity index (χ1v) is 8.42. The van der Waals surface area contributed by atoms with Crippen LogP contribution < -0.4 is 5.32 Å². The van der Waals surface area contributed by atoms with Gasteiger partial charge in [-0.2, -0.15) is 5.10 Å². The molecule has 0 spiro atoms. The molecule has 3 rings (SSSR count). The maximum absolute atomic E-state index is 12.1. The van der Waals surface area contributed by atoms with Crippen LogP contribution in [0.25, 0.3) is 11.3 Å². The van der Waals surface area contributed by atoms with Crippen LogP contribution in [-0.2, 0) is 16.6 Å². The molecule has 9 heteroatoms. The summed E-state index contributed by atoms with van der Waals surface area (Å²) in [5, 5.41) is 11.3. The van der Waals surface area contributed by atoms with Crippen molar-refractivity contribution in [2.45, 2.75) is 13.8 Å². The number of anilines is 1. The highest BCUT2D eigenvalue weighted by molar-refractivity contribution is 6.30. The van der Waals surface area contributed by atoms with Crippen molar-refractivity contribution in [2.24, 2.45) is 7.05 Å². The second-order valence-electron chi connectivity index (χ2n) is 5.87. The molecule has 0 saturated heterocycles. The van der Waals surface area contributed by atoms with E-state index in [1.54, 1.807) is 39.1 Å². The monoisotopic (exact) mass is 388 g/mol. The van der Waals surface area contributed by atoms with Gasteiger partial charge in [-0.25, -0.2) is 4.79 Å². The summed E-state index contributed by atoms with van der Waals surface area (Å²) >= 11 is 5.89. The van der Waals surface area contributed by atoms with Gasteiger partial charge in [0.2, 0.25) is 0 Å². The van der Waals surface area contributed by atoms with Gasteiger partial charge in [0.25, 0.3) is 5.91 Å². The van der Waals surface area contributed by atoms with Gasteiger partial charge in [-0.3, -0.25) is 9.48 Å². The molecule has 2 aromatic heterocycles. The minimum atomic E-state index is -0.659. The Morgan fingerprint density at radius 2 is 1.96 bits per heavy atom. The van der Waals surface area contributed by atoms with Gasteiger partial charge in [0, 0.05) is 23.7 Å². The lowest BCUT2D eigenvalue weighted by Gasteiger charge is -2.06. The average molecular weight is 389 g/mol. The summed E-state index contributed by atoms with van der Waals surface area (Å²) in [6, 6.07) is 8.91. The number of hydrogen-bond acceptors (Lipinski definition) is 6. The highest BCUT2D eigenvalue weighted by Gasteiger charge is 2.20. The number of nitrogens with one attached hydrogen (secondary N) is 1. The normalized spacial score (nSPS) is 10.7. The van der Waals surface area contributed by atoms with Gasteiger partial charge >= 0.3 is 5.97 Å². The van der Waals surface area contributed by atoms with Crippen LogP contribution in [0.2, 0.25) is 5.02 Å². The predicted molar refractivity (Wildman–Crippen MR) is 98.5 cm³/mol. The van der Waals surface area contributed by atoms with Crippen molar-refractivity contribution in [2.75, 3.05) is 11.9 Å². The topological polar surface area (TPSA) is 99.2 Å². The first kappa shape index (κ1) is 18.7. The van der Waals surface area contributed by atoms with Crippen molar-refractivity contribution in [1.29, 1.82) is 0 Å². The fourth-order valence-electron chi connectivity index (χ4n) is 2.50. The Kier molecular flexibility index (Phi) is 5.27. The van der Waals surface area contributed by atoms with E-state index in [1.807, 2.05) is 12.1 Å². The lowest BCUT2D eigenvalue weighted by Crippen LogP contribution is -2.22. The number of ether oxygens (including phenoxy) is 1. The van der Waals surface area contributed by atoms with E-state index >= 15 is 0 Å². The zero-order chi connectivity index (χ0) is 19.6. The van der Waals surface area contributed by atoms with Gasteiger partial charge in [-0.05, 0) is 26.0 Å². The standard InChI is InChI=1S/C18H17ClN4O4/c1-10-17(11(2)27-22-10)18(25)26-9-16(24)20-15-8-14(21-23(15)3)12-4-6-13(19)7-5-12/h4-8H,9H2,1-3H3,(H,20,24). The van der Waals surface area contributed by atoms with Crippen molar-refractivity contribution < 1.29 is 18.8 Å². The second kappa shape index (κ2) is 7.63. The van der Waals surface area contributed by atoms with Crippen molar-refractivity contribution >= 4 is 29.3 Å². The number of amides is 1. The molecule has 140 valence electrons. The molecule has 0 fully saturated rings. The number of benzene rings is 1. The van der Waals surface area contributed by atoms with E-state index in [4.69, 9.17) is 20.9 Å². The average Bonchev–Trinajstić information content (AvgIpc) is 3.16. The zero-order valence-corrected chi connectivity index (χ0v) is 15.7. The molecule has 1 N–H and O–H groups in total. The molecule has 8 nitrogen and oxygen atoms in total. The van der Waals surface area contributed by atoms with E-state index in [1.165, 1.54) is 4.68 Å². The van der Waals surface area contributed by atoms with E-state index < -0.39 is 18.5 Å². The molecule has 0 unspecified atom stereocenters. The van der Waals surface area contributed by atoms with Crippen LogP contribution in [0.4, 0.5) is 5.82 Å². The van der Waals surface area contributed by atoms with Crippen LogP contribution in [0.1, 0.15) is 21.8 Å². The summed E-state index contributed by atoms with van der Waals surface area (Å²) in [5.41, 5.74) is 2.18. The third-order valence-electron chi connectivity index (χ3n) is 3.86. The molecule has 0 aliphatic heterocycles. The Labute approximate surface area is 160 Å². The molecule has 3 aromatic rings. The third kappa shape index (κ3) is 4.17. The van der Waals surface area contributed by atoms with Gasteiger partial charge in [0.15, 0.2) is 6.61 Å². The Balaban J connectivity index is 1.63. The number of aryl methyl sites for hydroxylation is 3. The molecular formula is C18H17ClN4O4. The molecule has 0 bridgehead atoms. The highest BCUT2D eigenvalue weighted by atomic mass is 35.5. The molecule has 1 amide bonds. The van der Waals surface area contributed by atoms with Crippen molar-refractivity contribution in [3.05, 3.63) is 52.4 Å². The van der Waals surface area contributed by atoms with Gasteiger partial charge in [-0.15, -0.1) is 0 Å². The SMILES string of the molecule is Cc1noc(C)c1C(=O)OCC(=O)Nc1cc(-c2ccc(Cl)cc2)nn1C. The van der Waals surface area contributed by atoms with E-state index in [-0.39, 0.29) is 5.56 Å². The number of carbonyl (C=O) groups excluding carboxylic acids is 2. The summed E-state index contributed by atoms with van der Waals surface area (Å²) in [5.74, 6) is -0.329. The van der Waals surface area contributed by atoms with Crippen molar-refractivity contribution in [3.63, 3.8) is 0 Å². The zero-order valence-electron chi connectivity index (χ0n) is 14.9. The number of hydrogen-bond donors (Lipinski definition) is 1.